The molecule has 1 N–H and O–H groups in total. The molecular formula is C18H21BrN2O. The van der Waals surface area contributed by atoms with Gasteiger partial charge in [0.1, 0.15) is 0 Å². The number of benzene rings is 1. The predicted molar refractivity (Wildman–Crippen MR) is 93.9 cm³/mol. The maximum atomic E-state index is 12.5. The monoisotopic (exact) mass is 360 g/mol. The molecule has 0 unspecified atom stereocenters. The Morgan fingerprint density at radius 3 is 2.64 bits per heavy atom. The third-order valence-electron chi connectivity index (χ3n) is 4.32. The summed E-state index contributed by atoms with van der Waals surface area (Å²) in [5, 5.41) is 3.22. The van der Waals surface area contributed by atoms with Crippen molar-refractivity contribution in [2.45, 2.75) is 39.7 Å². The summed E-state index contributed by atoms with van der Waals surface area (Å²) < 4.78 is 3.37. The van der Waals surface area contributed by atoms with Crippen LogP contribution >= 0.6 is 15.9 Å². The summed E-state index contributed by atoms with van der Waals surface area (Å²) in [5.41, 5.74) is 5.30. The summed E-state index contributed by atoms with van der Waals surface area (Å²) in [6.45, 7) is 6.52. The molecule has 1 aromatic carbocycles. The first kappa shape index (κ1) is 15.3. The van der Waals surface area contributed by atoms with E-state index < -0.39 is 0 Å². The smallest absolute Gasteiger partial charge is 0.183 e. The first-order valence-electron chi connectivity index (χ1n) is 7.69. The number of nitrogens with one attached hydrogen (secondary N) is 1. The normalized spacial score (nSPS) is 14.2. The first-order chi connectivity index (χ1) is 10.5. The van der Waals surface area contributed by atoms with E-state index in [1.54, 1.807) is 0 Å². The van der Waals surface area contributed by atoms with Gasteiger partial charge in [0.15, 0.2) is 5.78 Å². The zero-order valence-electron chi connectivity index (χ0n) is 13.2. The fourth-order valence-corrected chi connectivity index (χ4v) is 3.31. The molecule has 1 aliphatic carbocycles. The lowest BCUT2D eigenvalue weighted by Crippen LogP contribution is -2.15. The van der Waals surface area contributed by atoms with Crippen LogP contribution in [-0.2, 0) is 0 Å². The van der Waals surface area contributed by atoms with Gasteiger partial charge < -0.3 is 9.88 Å². The predicted octanol–water partition coefficient (Wildman–Crippen LogP) is 4.81. The van der Waals surface area contributed by atoms with Crippen LogP contribution in [0, 0.1) is 20.8 Å². The lowest BCUT2D eigenvalue weighted by Gasteiger charge is -2.09. The van der Waals surface area contributed by atoms with E-state index in [2.05, 4.69) is 39.7 Å². The lowest BCUT2D eigenvalue weighted by molar-refractivity contribution is 0.101. The van der Waals surface area contributed by atoms with Gasteiger partial charge in [0.25, 0.3) is 0 Å². The van der Waals surface area contributed by atoms with Crippen molar-refractivity contribution in [3.05, 3.63) is 51.3 Å². The van der Waals surface area contributed by atoms with E-state index in [1.807, 2.05) is 31.2 Å². The zero-order valence-corrected chi connectivity index (χ0v) is 14.8. The Morgan fingerprint density at radius 1 is 1.27 bits per heavy atom. The number of ketones is 1. The van der Waals surface area contributed by atoms with Crippen LogP contribution in [0.25, 0.3) is 0 Å². The van der Waals surface area contributed by atoms with Crippen LogP contribution < -0.4 is 5.32 Å². The SMILES string of the molecule is Cc1ccc(NCC(=O)c2cc(C)n(C3CC3)c2C)cc1Br. The highest BCUT2D eigenvalue weighted by Gasteiger charge is 2.28. The van der Waals surface area contributed by atoms with E-state index in [4.69, 9.17) is 0 Å². The van der Waals surface area contributed by atoms with Gasteiger partial charge in [0.2, 0.25) is 0 Å². The van der Waals surface area contributed by atoms with Crippen LogP contribution in [0.1, 0.15) is 46.2 Å². The summed E-state index contributed by atoms with van der Waals surface area (Å²) >= 11 is 3.52. The van der Waals surface area contributed by atoms with Crippen molar-refractivity contribution in [2.75, 3.05) is 11.9 Å². The van der Waals surface area contributed by atoms with E-state index >= 15 is 0 Å². The molecule has 0 spiro atoms. The Kier molecular flexibility index (Phi) is 4.13. The largest absolute Gasteiger partial charge is 0.378 e. The zero-order chi connectivity index (χ0) is 15.9. The van der Waals surface area contributed by atoms with Crippen LogP contribution in [0.3, 0.4) is 0 Å². The molecule has 22 heavy (non-hydrogen) atoms. The number of hydrogen-bond donors (Lipinski definition) is 1. The molecular weight excluding hydrogens is 340 g/mol. The molecule has 0 saturated heterocycles. The molecule has 2 aromatic rings. The maximum absolute atomic E-state index is 12.5. The average molecular weight is 361 g/mol. The van der Waals surface area contributed by atoms with E-state index in [0.717, 1.165) is 21.4 Å². The lowest BCUT2D eigenvalue weighted by atomic mass is 10.1. The fraction of sp³-hybridized carbons (Fsp3) is 0.389. The molecule has 1 aromatic heterocycles. The highest BCUT2D eigenvalue weighted by Crippen LogP contribution is 2.38. The van der Waals surface area contributed by atoms with E-state index in [1.165, 1.54) is 24.1 Å². The molecule has 0 aliphatic heterocycles. The summed E-state index contributed by atoms with van der Waals surface area (Å²) in [4.78, 5) is 12.5. The highest BCUT2D eigenvalue weighted by atomic mass is 79.9. The van der Waals surface area contributed by atoms with Crippen LogP contribution in [0.5, 0.6) is 0 Å². The number of aryl methyl sites for hydroxylation is 2. The fourth-order valence-electron chi connectivity index (χ4n) is 2.93. The summed E-state index contributed by atoms with van der Waals surface area (Å²) in [6, 6.07) is 8.69. The Labute approximate surface area is 139 Å². The van der Waals surface area contributed by atoms with Gasteiger partial charge in [-0.3, -0.25) is 4.79 Å². The summed E-state index contributed by atoms with van der Waals surface area (Å²) in [5.74, 6) is 0.150. The van der Waals surface area contributed by atoms with Crippen molar-refractivity contribution in [3.8, 4) is 0 Å². The quantitative estimate of drug-likeness (QED) is 0.776. The minimum absolute atomic E-state index is 0.150. The Bertz CT molecular complexity index is 729. The van der Waals surface area contributed by atoms with Gasteiger partial charge in [-0.2, -0.15) is 0 Å². The van der Waals surface area contributed by atoms with E-state index in [0.29, 0.717) is 12.6 Å². The minimum atomic E-state index is 0.150. The number of Topliss-reactive ketones (excluding diaryl/α,β-unsaturated/α-hetero) is 1. The molecule has 4 heteroatoms. The second-order valence-electron chi connectivity index (χ2n) is 6.13. The first-order valence-corrected chi connectivity index (χ1v) is 8.48. The van der Waals surface area contributed by atoms with E-state index in [-0.39, 0.29) is 5.78 Å². The minimum Gasteiger partial charge on any atom is -0.378 e. The second kappa shape index (κ2) is 5.92. The topological polar surface area (TPSA) is 34.0 Å². The molecule has 3 nitrogen and oxygen atoms in total. The molecule has 3 rings (SSSR count). The number of anilines is 1. The van der Waals surface area contributed by atoms with Crippen molar-refractivity contribution < 1.29 is 4.79 Å². The van der Waals surface area contributed by atoms with Crippen LogP contribution in [0.4, 0.5) is 5.69 Å². The summed E-state index contributed by atoms with van der Waals surface area (Å²) in [6.07, 6.45) is 2.47. The number of rotatable bonds is 5. The van der Waals surface area contributed by atoms with Gasteiger partial charge in [-0.1, -0.05) is 22.0 Å². The number of carbonyl (C=O) groups excluding carboxylic acids is 1. The molecule has 0 amide bonds. The average Bonchev–Trinajstić information content (AvgIpc) is 3.26. The molecule has 1 heterocycles. The van der Waals surface area contributed by atoms with Gasteiger partial charge in [0.05, 0.1) is 6.54 Å². The Morgan fingerprint density at radius 2 is 2.00 bits per heavy atom. The van der Waals surface area contributed by atoms with Crippen molar-refractivity contribution >= 4 is 27.4 Å². The number of nitrogens with zero attached hydrogens (tertiary/aromatic N) is 1. The molecule has 0 atom stereocenters. The van der Waals surface area contributed by atoms with Crippen LogP contribution in [-0.4, -0.2) is 16.9 Å². The molecule has 1 saturated carbocycles. The number of carbonyl (C=O) groups is 1. The summed E-state index contributed by atoms with van der Waals surface area (Å²) in [7, 11) is 0. The van der Waals surface area contributed by atoms with Gasteiger partial charge >= 0.3 is 0 Å². The molecule has 1 aliphatic rings. The number of hydrogen-bond acceptors (Lipinski definition) is 2. The van der Waals surface area contributed by atoms with Crippen molar-refractivity contribution in [1.82, 2.24) is 4.57 Å². The third-order valence-corrected chi connectivity index (χ3v) is 5.18. The van der Waals surface area contributed by atoms with Gasteiger partial charge in [-0.15, -0.1) is 0 Å². The second-order valence-corrected chi connectivity index (χ2v) is 6.98. The van der Waals surface area contributed by atoms with Gasteiger partial charge in [-0.25, -0.2) is 0 Å². The third kappa shape index (κ3) is 2.98. The molecule has 0 radical (unpaired) electrons. The highest BCUT2D eigenvalue weighted by molar-refractivity contribution is 9.10. The van der Waals surface area contributed by atoms with Crippen molar-refractivity contribution in [2.24, 2.45) is 0 Å². The number of halogens is 1. The van der Waals surface area contributed by atoms with Crippen LogP contribution in [0.15, 0.2) is 28.7 Å². The van der Waals surface area contributed by atoms with Crippen molar-refractivity contribution in [1.29, 1.82) is 0 Å². The standard InChI is InChI=1S/C18H21BrN2O/c1-11-4-5-14(9-17(11)19)20-10-18(22)16-8-12(2)21(13(16)3)15-6-7-15/h4-5,8-9,15,20H,6-7,10H2,1-3H3. The Balaban J connectivity index is 1.72. The maximum Gasteiger partial charge on any atom is 0.183 e. The van der Waals surface area contributed by atoms with Gasteiger partial charge in [0, 0.05) is 33.2 Å². The molecule has 116 valence electrons. The van der Waals surface area contributed by atoms with E-state index in [9.17, 15) is 4.79 Å². The van der Waals surface area contributed by atoms with Crippen molar-refractivity contribution in [3.63, 3.8) is 0 Å². The Hall–Kier alpha value is -1.55. The number of aromatic nitrogens is 1. The van der Waals surface area contributed by atoms with Crippen LogP contribution in [0.2, 0.25) is 0 Å². The molecule has 1 fully saturated rings. The molecule has 0 bridgehead atoms. The van der Waals surface area contributed by atoms with Gasteiger partial charge in [-0.05, 0) is 57.4 Å².